The number of benzene rings is 2. The molecule has 5 rings (SSSR count). The number of nitrogens with zero attached hydrogens (tertiary/aromatic N) is 1. The van der Waals surface area contributed by atoms with Crippen molar-refractivity contribution in [3.63, 3.8) is 0 Å². The Hall–Kier alpha value is -3.00. The number of thiophene rings is 1. The van der Waals surface area contributed by atoms with Crippen LogP contribution in [0.1, 0.15) is 35.8 Å². The zero-order valence-electron chi connectivity index (χ0n) is 19.7. The molecule has 6 nitrogen and oxygen atoms in total. The first kappa shape index (κ1) is 25.1. The molecule has 184 valence electrons. The number of rotatable bonds is 8. The highest BCUT2D eigenvalue weighted by Crippen LogP contribution is 2.27. The summed E-state index contributed by atoms with van der Waals surface area (Å²) >= 11 is 1.65. The molecule has 8 heteroatoms. The van der Waals surface area contributed by atoms with Crippen LogP contribution in [0, 0.1) is 0 Å². The molecule has 2 N–H and O–H groups in total. The maximum absolute atomic E-state index is 13.1. The number of carbonyl (C=O) groups excluding carboxylic acids is 1. The molecule has 0 radical (unpaired) electrons. The minimum absolute atomic E-state index is 0. The quantitative estimate of drug-likeness (QED) is 0.300. The van der Waals surface area contributed by atoms with Gasteiger partial charge >= 0.3 is 0 Å². The van der Waals surface area contributed by atoms with E-state index in [2.05, 4.69) is 27.5 Å². The van der Waals surface area contributed by atoms with Crippen LogP contribution in [-0.4, -0.2) is 29.7 Å². The van der Waals surface area contributed by atoms with E-state index < -0.39 is 0 Å². The molecule has 1 saturated heterocycles. The van der Waals surface area contributed by atoms with Crippen molar-refractivity contribution in [2.24, 2.45) is 0 Å². The summed E-state index contributed by atoms with van der Waals surface area (Å²) < 4.78 is 14.2. The van der Waals surface area contributed by atoms with Gasteiger partial charge in [0.2, 0.25) is 0 Å². The van der Waals surface area contributed by atoms with E-state index in [4.69, 9.17) is 9.47 Å². The van der Waals surface area contributed by atoms with Crippen LogP contribution in [0.15, 0.2) is 66.0 Å². The van der Waals surface area contributed by atoms with Gasteiger partial charge in [0.1, 0.15) is 34.7 Å². The summed E-state index contributed by atoms with van der Waals surface area (Å²) in [5.74, 6) is 1.52. The molecule has 0 spiro atoms. The summed E-state index contributed by atoms with van der Waals surface area (Å²) in [7, 11) is 0. The van der Waals surface area contributed by atoms with Crippen molar-refractivity contribution >= 4 is 45.6 Å². The summed E-state index contributed by atoms with van der Waals surface area (Å²) in [6.07, 6.45) is 2.33. The van der Waals surface area contributed by atoms with Crippen LogP contribution in [-0.2, 0) is 13.2 Å². The smallest absolute Gasteiger partial charge is 0.272 e. The summed E-state index contributed by atoms with van der Waals surface area (Å²) in [6, 6.07) is 19.5. The fourth-order valence-electron chi connectivity index (χ4n) is 4.31. The van der Waals surface area contributed by atoms with Gasteiger partial charge in [-0.05, 0) is 80.7 Å². The van der Waals surface area contributed by atoms with E-state index in [1.54, 1.807) is 11.3 Å². The Labute approximate surface area is 215 Å². The zero-order chi connectivity index (χ0) is 23.3. The molecule has 0 aliphatic carbocycles. The molecule has 1 aliphatic heterocycles. The van der Waals surface area contributed by atoms with E-state index >= 15 is 0 Å². The number of para-hydroxylation sites is 1. The van der Waals surface area contributed by atoms with Gasteiger partial charge in [-0.1, -0.05) is 18.2 Å². The topological polar surface area (TPSA) is 64.5 Å². The van der Waals surface area contributed by atoms with Crippen LogP contribution in [0.5, 0.6) is 11.5 Å². The summed E-state index contributed by atoms with van der Waals surface area (Å²) in [4.78, 5) is 14.2. The Morgan fingerprint density at radius 3 is 2.60 bits per heavy atom. The number of nitrogens with one attached hydrogen (secondary N) is 2. The predicted molar refractivity (Wildman–Crippen MR) is 144 cm³/mol. The third kappa shape index (κ3) is 5.81. The lowest BCUT2D eigenvalue weighted by atomic mass is 10.1. The number of hydrogen-bond donors (Lipinski definition) is 2. The highest BCUT2D eigenvalue weighted by Gasteiger charge is 2.17. The number of carbonyl (C=O) groups is 1. The van der Waals surface area contributed by atoms with E-state index in [-0.39, 0.29) is 24.4 Å². The van der Waals surface area contributed by atoms with Gasteiger partial charge in [0, 0.05) is 23.2 Å². The molecule has 1 fully saturated rings. The molecule has 35 heavy (non-hydrogen) atoms. The molecular weight excluding hydrogens is 482 g/mol. The van der Waals surface area contributed by atoms with E-state index in [1.165, 1.54) is 0 Å². The van der Waals surface area contributed by atoms with Crippen molar-refractivity contribution in [3.05, 3.63) is 77.3 Å². The monoisotopic (exact) mass is 511 g/mol. The van der Waals surface area contributed by atoms with Crippen molar-refractivity contribution in [2.75, 3.05) is 18.4 Å². The molecule has 1 aliphatic rings. The minimum Gasteiger partial charge on any atom is -0.490 e. The number of amides is 1. The lowest BCUT2D eigenvalue weighted by molar-refractivity contribution is 0.101. The van der Waals surface area contributed by atoms with E-state index in [9.17, 15) is 4.79 Å². The zero-order valence-corrected chi connectivity index (χ0v) is 21.3. The van der Waals surface area contributed by atoms with Crippen molar-refractivity contribution in [1.82, 2.24) is 9.88 Å². The Balaban J connectivity index is 0.00000289. The largest absolute Gasteiger partial charge is 0.490 e. The Kier molecular flexibility index (Phi) is 8.33. The molecule has 0 unspecified atom stereocenters. The average molecular weight is 512 g/mol. The van der Waals surface area contributed by atoms with Gasteiger partial charge in [-0.25, -0.2) is 0 Å². The molecule has 3 heterocycles. The molecule has 2 aromatic carbocycles. The second kappa shape index (κ2) is 11.6. The number of aromatic nitrogens is 1. The van der Waals surface area contributed by atoms with Gasteiger partial charge in [-0.15, -0.1) is 23.7 Å². The number of piperidine rings is 1. The average Bonchev–Trinajstić information content (AvgIpc) is 3.46. The van der Waals surface area contributed by atoms with Crippen LogP contribution >= 0.6 is 23.7 Å². The third-order valence-electron chi connectivity index (χ3n) is 6.12. The first-order valence-corrected chi connectivity index (χ1v) is 12.7. The highest BCUT2D eigenvalue weighted by molar-refractivity contribution is 7.16. The van der Waals surface area contributed by atoms with Gasteiger partial charge in [0.15, 0.2) is 0 Å². The molecule has 0 bridgehead atoms. The van der Waals surface area contributed by atoms with Crippen LogP contribution < -0.4 is 20.1 Å². The van der Waals surface area contributed by atoms with E-state index in [0.29, 0.717) is 12.3 Å². The maximum atomic E-state index is 13.1. The summed E-state index contributed by atoms with van der Waals surface area (Å²) in [5.41, 5.74) is 2.34. The van der Waals surface area contributed by atoms with Gasteiger partial charge in [-0.3, -0.25) is 4.79 Å². The molecule has 0 atom stereocenters. The summed E-state index contributed by atoms with van der Waals surface area (Å²) in [6.45, 7) is 5.17. The van der Waals surface area contributed by atoms with Crippen molar-refractivity contribution in [2.45, 2.75) is 39.0 Å². The first-order chi connectivity index (χ1) is 16.7. The van der Waals surface area contributed by atoms with Gasteiger partial charge in [0.25, 0.3) is 5.91 Å². The molecule has 4 aromatic rings. The van der Waals surface area contributed by atoms with Gasteiger partial charge in [0.05, 0.1) is 0 Å². The van der Waals surface area contributed by atoms with E-state index in [1.807, 2.05) is 60.7 Å². The second-order valence-electron chi connectivity index (χ2n) is 8.39. The normalized spacial score (nSPS) is 13.9. The number of anilines is 1. The third-order valence-corrected chi connectivity index (χ3v) is 7.08. The standard InChI is InChI=1S/C27H29N3O3S.ClH/c1-2-30-25(17-19-13-16-34-27(19)30)26(31)29-24-6-4-3-5-20(24)18-32-21-7-9-22(10-8-21)33-23-11-14-28-15-12-23;/h3-10,13,16-17,23,28H,2,11-12,14-15,18H2,1H3,(H,29,31);1H. The van der Waals surface area contributed by atoms with Crippen LogP contribution in [0.25, 0.3) is 10.2 Å². The van der Waals surface area contributed by atoms with Crippen molar-refractivity contribution < 1.29 is 14.3 Å². The lowest BCUT2D eigenvalue weighted by Crippen LogP contribution is -2.34. The van der Waals surface area contributed by atoms with Crippen LogP contribution in [0.2, 0.25) is 0 Å². The Morgan fingerprint density at radius 1 is 1.09 bits per heavy atom. The fourth-order valence-corrected chi connectivity index (χ4v) is 5.27. The van der Waals surface area contributed by atoms with Gasteiger partial charge in [-0.2, -0.15) is 0 Å². The number of fused-ring (bicyclic) bond motifs is 1. The van der Waals surface area contributed by atoms with Gasteiger partial charge < -0.3 is 24.7 Å². The van der Waals surface area contributed by atoms with Crippen LogP contribution in [0.4, 0.5) is 5.69 Å². The molecule has 2 aromatic heterocycles. The molecule has 0 saturated carbocycles. The number of hydrogen-bond acceptors (Lipinski definition) is 5. The Bertz CT molecular complexity index is 1260. The number of ether oxygens (including phenoxy) is 2. The first-order valence-electron chi connectivity index (χ1n) is 11.8. The predicted octanol–water partition coefficient (Wildman–Crippen LogP) is 6.11. The Morgan fingerprint density at radius 2 is 1.83 bits per heavy atom. The SMILES string of the molecule is CCn1c(C(=O)Nc2ccccc2COc2ccc(OC3CCNCC3)cc2)cc2ccsc21.Cl. The maximum Gasteiger partial charge on any atom is 0.272 e. The van der Waals surface area contributed by atoms with Crippen LogP contribution in [0.3, 0.4) is 0 Å². The molecule has 1 amide bonds. The number of halogens is 1. The van der Waals surface area contributed by atoms with Crippen molar-refractivity contribution in [1.29, 1.82) is 0 Å². The second-order valence-corrected chi connectivity index (χ2v) is 9.29. The van der Waals surface area contributed by atoms with E-state index in [0.717, 1.165) is 65.4 Å². The minimum atomic E-state index is -0.114. The lowest BCUT2D eigenvalue weighted by Gasteiger charge is -2.23. The van der Waals surface area contributed by atoms with Crippen molar-refractivity contribution in [3.8, 4) is 11.5 Å². The molecular formula is C27H30ClN3O3S. The number of aryl methyl sites for hydroxylation is 1. The fraction of sp³-hybridized carbons (Fsp3) is 0.296. The highest BCUT2D eigenvalue weighted by atomic mass is 35.5. The summed E-state index contributed by atoms with van der Waals surface area (Å²) in [5, 5.41) is 9.58.